The smallest absolute Gasteiger partial charge is 0.220 e. The van der Waals surface area contributed by atoms with E-state index in [2.05, 4.69) is 5.32 Å². The van der Waals surface area contributed by atoms with Gasteiger partial charge in [0.15, 0.2) is 0 Å². The monoisotopic (exact) mass is 250 g/mol. The Kier molecular flexibility index (Phi) is 5.65. The molecule has 18 heavy (non-hydrogen) atoms. The quantitative estimate of drug-likeness (QED) is 0.758. The van der Waals surface area contributed by atoms with Gasteiger partial charge in [0.2, 0.25) is 5.91 Å². The van der Waals surface area contributed by atoms with Crippen molar-refractivity contribution in [1.82, 2.24) is 5.32 Å². The molecule has 0 saturated heterocycles. The molecular weight excluding hydrogens is 228 g/mol. The fraction of sp³-hybridized carbons (Fsp3) is 0.500. The molecule has 1 rings (SSSR count). The number of anilines is 1. The van der Waals surface area contributed by atoms with Crippen LogP contribution in [-0.2, 0) is 9.53 Å². The third-order valence-corrected chi connectivity index (χ3v) is 2.99. The summed E-state index contributed by atoms with van der Waals surface area (Å²) in [5.41, 5.74) is 7.50. The molecule has 2 unspecified atom stereocenters. The van der Waals surface area contributed by atoms with Crippen molar-refractivity contribution in [3.63, 3.8) is 0 Å². The minimum Gasteiger partial charge on any atom is -0.399 e. The van der Waals surface area contributed by atoms with Gasteiger partial charge in [0.25, 0.3) is 0 Å². The topological polar surface area (TPSA) is 64.3 Å². The van der Waals surface area contributed by atoms with E-state index in [1.165, 1.54) is 0 Å². The molecule has 0 aliphatic heterocycles. The molecule has 1 aromatic carbocycles. The lowest BCUT2D eigenvalue weighted by molar-refractivity contribution is -0.121. The van der Waals surface area contributed by atoms with Crippen molar-refractivity contribution in [2.24, 2.45) is 0 Å². The van der Waals surface area contributed by atoms with Gasteiger partial charge in [-0.2, -0.15) is 0 Å². The SMILES string of the molecule is COC(C)CNC(=O)CC(C)c1ccc(N)cc1. The van der Waals surface area contributed by atoms with Crippen molar-refractivity contribution in [2.45, 2.75) is 32.3 Å². The zero-order chi connectivity index (χ0) is 13.5. The highest BCUT2D eigenvalue weighted by Gasteiger charge is 2.11. The number of methoxy groups -OCH3 is 1. The van der Waals surface area contributed by atoms with E-state index in [1.807, 2.05) is 38.1 Å². The molecule has 2 atom stereocenters. The summed E-state index contributed by atoms with van der Waals surface area (Å²) in [4.78, 5) is 11.7. The average molecular weight is 250 g/mol. The summed E-state index contributed by atoms with van der Waals surface area (Å²) >= 11 is 0. The summed E-state index contributed by atoms with van der Waals surface area (Å²) < 4.78 is 5.07. The first-order valence-corrected chi connectivity index (χ1v) is 6.18. The second-order valence-corrected chi connectivity index (χ2v) is 4.62. The molecule has 0 bridgehead atoms. The summed E-state index contributed by atoms with van der Waals surface area (Å²) in [5, 5.41) is 2.86. The molecule has 4 nitrogen and oxygen atoms in total. The first-order valence-electron chi connectivity index (χ1n) is 6.18. The maximum absolute atomic E-state index is 11.7. The van der Waals surface area contributed by atoms with Crippen molar-refractivity contribution < 1.29 is 9.53 Å². The largest absolute Gasteiger partial charge is 0.399 e. The summed E-state index contributed by atoms with van der Waals surface area (Å²) in [7, 11) is 1.63. The fourth-order valence-electron chi connectivity index (χ4n) is 1.63. The van der Waals surface area contributed by atoms with Gasteiger partial charge in [-0.1, -0.05) is 19.1 Å². The zero-order valence-electron chi connectivity index (χ0n) is 11.3. The number of amides is 1. The maximum Gasteiger partial charge on any atom is 0.220 e. The lowest BCUT2D eigenvalue weighted by Crippen LogP contribution is -2.32. The molecule has 0 saturated carbocycles. The molecule has 1 amide bonds. The standard InChI is InChI=1S/C14H22N2O2/c1-10(12-4-6-13(15)7-5-12)8-14(17)16-9-11(2)18-3/h4-7,10-11H,8-9,15H2,1-3H3,(H,16,17). The Morgan fingerprint density at radius 2 is 1.94 bits per heavy atom. The number of ether oxygens (including phenoxy) is 1. The van der Waals surface area contributed by atoms with E-state index < -0.39 is 0 Å². The van der Waals surface area contributed by atoms with Crippen molar-refractivity contribution >= 4 is 11.6 Å². The molecule has 1 aromatic rings. The number of hydrogen-bond donors (Lipinski definition) is 2. The maximum atomic E-state index is 11.7. The van der Waals surface area contributed by atoms with Crippen LogP contribution in [0.3, 0.4) is 0 Å². The highest BCUT2D eigenvalue weighted by molar-refractivity contribution is 5.76. The van der Waals surface area contributed by atoms with Gasteiger partial charge in [-0.05, 0) is 30.5 Å². The van der Waals surface area contributed by atoms with Crippen LogP contribution in [0.15, 0.2) is 24.3 Å². The number of benzene rings is 1. The Labute approximate surface area is 109 Å². The first-order chi connectivity index (χ1) is 8.52. The van der Waals surface area contributed by atoms with Crippen molar-refractivity contribution in [1.29, 1.82) is 0 Å². The highest BCUT2D eigenvalue weighted by Crippen LogP contribution is 2.19. The van der Waals surface area contributed by atoms with Gasteiger partial charge < -0.3 is 15.8 Å². The van der Waals surface area contributed by atoms with Crippen LogP contribution in [-0.4, -0.2) is 25.7 Å². The fourth-order valence-corrected chi connectivity index (χ4v) is 1.63. The first kappa shape index (κ1) is 14.5. The van der Waals surface area contributed by atoms with Gasteiger partial charge in [-0.25, -0.2) is 0 Å². The van der Waals surface area contributed by atoms with Crippen LogP contribution < -0.4 is 11.1 Å². The molecule has 0 aliphatic rings. The predicted octanol–water partition coefficient (Wildman–Crippen LogP) is 1.91. The molecule has 100 valence electrons. The lowest BCUT2D eigenvalue weighted by Gasteiger charge is -2.14. The number of nitrogen functional groups attached to an aromatic ring is 1. The number of rotatable bonds is 6. The van der Waals surface area contributed by atoms with Gasteiger partial charge in [0, 0.05) is 25.8 Å². The Morgan fingerprint density at radius 3 is 2.50 bits per heavy atom. The molecule has 0 fully saturated rings. The van der Waals surface area contributed by atoms with Crippen LogP contribution in [0.4, 0.5) is 5.69 Å². The van der Waals surface area contributed by atoms with Crippen LogP contribution in [0.2, 0.25) is 0 Å². The zero-order valence-corrected chi connectivity index (χ0v) is 11.3. The number of nitrogens with one attached hydrogen (secondary N) is 1. The van der Waals surface area contributed by atoms with E-state index in [-0.39, 0.29) is 17.9 Å². The normalized spacial score (nSPS) is 13.9. The van der Waals surface area contributed by atoms with E-state index in [1.54, 1.807) is 7.11 Å². The summed E-state index contributed by atoms with van der Waals surface area (Å²) in [5.74, 6) is 0.228. The molecule has 0 heterocycles. The van der Waals surface area contributed by atoms with E-state index in [9.17, 15) is 4.79 Å². The van der Waals surface area contributed by atoms with Crippen LogP contribution in [0.5, 0.6) is 0 Å². The van der Waals surface area contributed by atoms with E-state index in [0.29, 0.717) is 13.0 Å². The number of nitrogens with two attached hydrogens (primary N) is 1. The van der Waals surface area contributed by atoms with Crippen LogP contribution >= 0.6 is 0 Å². The van der Waals surface area contributed by atoms with Crippen molar-refractivity contribution in [3.8, 4) is 0 Å². The van der Waals surface area contributed by atoms with Crippen LogP contribution in [0.1, 0.15) is 31.7 Å². The van der Waals surface area contributed by atoms with Crippen LogP contribution in [0.25, 0.3) is 0 Å². The molecule has 3 N–H and O–H groups in total. The Bertz CT molecular complexity index is 376. The van der Waals surface area contributed by atoms with Crippen LogP contribution in [0, 0.1) is 0 Å². The summed E-state index contributed by atoms with van der Waals surface area (Å²) in [6.07, 6.45) is 0.515. The molecule has 4 heteroatoms. The average Bonchev–Trinajstić information content (AvgIpc) is 2.36. The van der Waals surface area contributed by atoms with Crippen molar-refractivity contribution in [2.75, 3.05) is 19.4 Å². The lowest BCUT2D eigenvalue weighted by atomic mass is 9.97. The Morgan fingerprint density at radius 1 is 1.33 bits per heavy atom. The Hall–Kier alpha value is -1.55. The number of hydrogen-bond acceptors (Lipinski definition) is 3. The van der Waals surface area contributed by atoms with Crippen molar-refractivity contribution in [3.05, 3.63) is 29.8 Å². The third kappa shape index (κ3) is 4.75. The van der Waals surface area contributed by atoms with E-state index in [4.69, 9.17) is 10.5 Å². The number of carbonyl (C=O) groups excluding carboxylic acids is 1. The van der Waals surface area contributed by atoms with E-state index in [0.717, 1.165) is 11.3 Å². The van der Waals surface area contributed by atoms with E-state index >= 15 is 0 Å². The van der Waals surface area contributed by atoms with Gasteiger partial charge in [0.05, 0.1) is 6.10 Å². The van der Waals surface area contributed by atoms with Gasteiger partial charge in [-0.3, -0.25) is 4.79 Å². The van der Waals surface area contributed by atoms with Gasteiger partial charge >= 0.3 is 0 Å². The number of carbonyl (C=O) groups is 1. The Balaban J connectivity index is 2.42. The molecule has 0 aromatic heterocycles. The summed E-state index contributed by atoms with van der Waals surface area (Å²) in [6, 6.07) is 7.64. The molecular formula is C14H22N2O2. The summed E-state index contributed by atoms with van der Waals surface area (Å²) in [6.45, 7) is 4.50. The van der Waals surface area contributed by atoms with Gasteiger partial charge in [0.1, 0.15) is 0 Å². The minimum absolute atomic E-state index is 0.0424. The minimum atomic E-state index is 0.0424. The third-order valence-electron chi connectivity index (χ3n) is 2.99. The molecule has 0 aliphatic carbocycles. The second kappa shape index (κ2) is 7.01. The highest BCUT2D eigenvalue weighted by atomic mass is 16.5. The second-order valence-electron chi connectivity index (χ2n) is 4.62. The predicted molar refractivity (Wildman–Crippen MR) is 73.4 cm³/mol. The van der Waals surface area contributed by atoms with Gasteiger partial charge in [-0.15, -0.1) is 0 Å². The molecule has 0 spiro atoms. The molecule has 0 radical (unpaired) electrons.